The summed E-state index contributed by atoms with van der Waals surface area (Å²) in [6, 6.07) is 26.6. The summed E-state index contributed by atoms with van der Waals surface area (Å²) in [6.07, 6.45) is 1.20. The van der Waals surface area contributed by atoms with Crippen LogP contribution in [0.3, 0.4) is 0 Å². The minimum atomic E-state index is -3.49. The maximum absolute atomic E-state index is 12.6. The Morgan fingerprint density at radius 1 is 0.889 bits per heavy atom. The van der Waals surface area contributed by atoms with Crippen LogP contribution in [0.25, 0.3) is 10.8 Å². The van der Waals surface area contributed by atoms with Crippen LogP contribution in [-0.4, -0.2) is 33.7 Å². The molecule has 0 spiro atoms. The molecule has 6 nitrogen and oxygen atoms in total. The fraction of sp³-hybridized carbons (Fsp3) is 0.207. The zero-order chi connectivity index (χ0) is 25.7. The zero-order valence-corrected chi connectivity index (χ0v) is 21.5. The largest absolute Gasteiger partial charge is 0.491 e. The molecule has 0 atom stereocenters. The number of aryl methyl sites for hydroxylation is 2. The maximum atomic E-state index is 12.6. The third kappa shape index (κ3) is 6.23. The van der Waals surface area contributed by atoms with Gasteiger partial charge in [0, 0.05) is 10.9 Å². The van der Waals surface area contributed by atoms with Crippen molar-refractivity contribution in [2.75, 3.05) is 23.7 Å². The lowest BCUT2D eigenvalue weighted by Gasteiger charge is -2.23. The molecule has 0 aromatic heterocycles. The van der Waals surface area contributed by atoms with Gasteiger partial charge in [-0.25, -0.2) is 8.42 Å². The average Bonchev–Trinajstić information content (AvgIpc) is 2.84. The number of sulfonamides is 1. The molecule has 186 valence electrons. The summed E-state index contributed by atoms with van der Waals surface area (Å²) in [6.45, 7) is 4.77. The summed E-state index contributed by atoms with van der Waals surface area (Å²) >= 11 is 0. The van der Waals surface area contributed by atoms with Crippen LogP contribution < -0.4 is 14.4 Å². The molecule has 0 radical (unpaired) electrons. The monoisotopic (exact) mass is 502 g/mol. The second kappa shape index (κ2) is 10.8. The van der Waals surface area contributed by atoms with Crippen molar-refractivity contribution in [3.63, 3.8) is 0 Å². The number of ether oxygens (including phenoxy) is 1. The van der Waals surface area contributed by atoms with Crippen molar-refractivity contribution in [1.82, 2.24) is 5.32 Å². The van der Waals surface area contributed by atoms with Gasteiger partial charge in [-0.05, 0) is 66.3 Å². The number of carbonyl (C=O) groups is 1. The molecule has 36 heavy (non-hydrogen) atoms. The number of benzene rings is 4. The Hall–Kier alpha value is -3.84. The standard InChI is InChI=1S/C29H30N2O4S/c1-21-17-22(2)19-26(18-21)31(36(3,33)34)20-23-11-13-25(14-12-23)29(32)30-15-16-35-28-10-6-8-24-7-4-5-9-27(24)28/h4-14,17-19H,15-16,20H2,1-3H3,(H,30,32). The minimum Gasteiger partial charge on any atom is -0.491 e. The summed E-state index contributed by atoms with van der Waals surface area (Å²) in [5.41, 5.74) is 3.91. The number of amides is 1. The smallest absolute Gasteiger partial charge is 0.251 e. The van der Waals surface area contributed by atoms with Gasteiger partial charge in [0.2, 0.25) is 10.0 Å². The first-order chi connectivity index (χ1) is 17.2. The molecule has 0 unspecified atom stereocenters. The predicted molar refractivity (Wildman–Crippen MR) is 145 cm³/mol. The predicted octanol–water partition coefficient (Wildman–Crippen LogP) is 5.23. The Morgan fingerprint density at radius 3 is 2.25 bits per heavy atom. The SMILES string of the molecule is Cc1cc(C)cc(N(Cc2ccc(C(=O)NCCOc3cccc4ccccc34)cc2)S(C)(=O)=O)c1. The van der Waals surface area contributed by atoms with E-state index in [4.69, 9.17) is 4.74 Å². The van der Waals surface area contributed by atoms with Gasteiger partial charge in [-0.15, -0.1) is 0 Å². The molecule has 4 aromatic carbocycles. The highest BCUT2D eigenvalue weighted by Gasteiger charge is 2.19. The Balaban J connectivity index is 1.36. The summed E-state index contributed by atoms with van der Waals surface area (Å²) in [5, 5.41) is 5.01. The van der Waals surface area contributed by atoms with E-state index in [2.05, 4.69) is 5.32 Å². The van der Waals surface area contributed by atoms with E-state index in [1.165, 1.54) is 10.6 Å². The van der Waals surface area contributed by atoms with E-state index in [-0.39, 0.29) is 12.5 Å². The molecule has 7 heteroatoms. The van der Waals surface area contributed by atoms with E-state index < -0.39 is 10.0 Å². The lowest BCUT2D eigenvalue weighted by Crippen LogP contribution is -2.30. The van der Waals surface area contributed by atoms with E-state index in [0.29, 0.717) is 24.4 Å². The molecule has 0 aliphatic heterocycles. The Labute approximate surface area is 212 Å². The fourth-order valence-electron chi connectivity index (χ4n) is 4.17. The van der Waals surface area contributed by atoms with E-state index in [0.717, 1.165) is 33.2 Å². The van der Waals surface area contributed by atoms with Crippen molar-refractivity contribution < 1.29 is 17.9 Å². The molecule has 4 rings (SSSR count). The van der Waals surface area contributed by atoms with Crippen molar-refractivity contribution in [3.05, 3.63) is 107 Å². The first-order valence-corrected chi connectivity index (χ1v) is 13.6. The molecule has 1 amide bonds. The normalized spacial score (nSPS) is 11.3. The number of anilines is 1. The van der Waals surface area contributed by atoms with Crippen LogP contribution in [0, 0.1) is 13.8 Å². The molecular formula is C29H30N2O4S. The average molecular weight is 503 g/mol. The van der Waals surface area contributed by atoms with E-state index in [9.17, 15) is 13.2 Å². The number of nitrogens with zero attached hydrogens (tertiary/aromatic N) is 1. The van der Waals surface area contributed by atoms with Crippen LogP contribution in [0.2, 0.25) is 0 Å². The number of carbonyl (C=O) groups excluding carboxylic acids is 1. The van der Waals surface area contributed by atoms with Gasteiger partial charge in [0.25, 0.3) is 5.91 Å². The number of hydrogen-bond donors (Lipinski definition) is 1. The topological polar surface area (TPSA) is 75.7 Å². The molecule has 0 heterocycles. The zero-order valence-electron chi connectivity index (χ0n) is 20.7. The van der Waals surface area contributed by atoms with Crippen LogP contribution in [-0.2, 0) is 16.6 Å². The quantitative estimate of drug-likeness (QED) is 0.318. The van der Waals surface area contributed by atoms with Gasteiger partial charge in [-0.3, -0.25) is 9.10 Å². The van der Waals surface area contributed by atoms with Crippen molar-refractivity contribution in [3.8, 4) is 5.75 Å². The molecule has 0 saturated carbocycles. The first kappa shape index (κ1) is 25.3. The van der Waals surface area contributed by atoms with Gasteiger partial charge in [0.1, 0.15) is 12.4 Å². The van der Waals surface area contributed by atoms with Gasteiger partial charge >= 0.3 is 0 Å². The summed E-state index contributed by atoms with van der Waals surface area (Å²) in [5.74, 6) is 0.572. The van der Waals surface area contributed by atoms with Crippen LogP contribution in [0.5, 0.6) is 5.75 Å². The number of hydrogen-bond acceptors (Lipinski definition) is 4. The van der Waals surface area contributed by atoms with Crippen LogP contribution >= 0.6 is 0 Å². The van der Waals surface area contributed by atoms with Crippen molar-refractivity contribution in [1.29, 1.82) is 0 Å². The number of nitrogens with one attached hydrogen (secondary N) is 1. The first-order valence-electron chi connectivity index (χ1n) is 11.7. The molecule has 4 aromatic rings. The van der Waals surface area contributed by atoms with Crippen molar-refractivity contribution in [2.24, 2.45) is 0 Å². The van der Waals surface area contributed by atoms with Crippen LogP contribution in [0.4, 0.5) is 5.69 Å². The third-order valence-electron chi connectivity index (χ3n) is 5.83. The minimum absolute atomic E-state index is 0.183. The van der Waals surface area contributed by atoms with Crippen LogP contribution in [0.15, 0.2) is 84.9 Å². The third-order valence-corrected chi connectivity index (χ3v) is 6.97. The van der Waals surface area contributed by atoms with Gasteiger partial charge in [-0.1, -0.05) is 54.6 Å². The summed E-state index contributed by atoms with van der Waals surface area (Å²) in [7, 11) is -3.49. The van der Waals surface area contributed by atoms with Gasteiger partial charge in [0.05, 0.1) is 25.0 Å². The van der Waals surface area contributed by atoms with Crippen molar-refractivity contribution >= 4 is 32.4 Å². The second-order valence-corrected chi connectivity index (χ2v) is 10.8. The summed E-state index contributed by atoms with van der Waals surface area (Å²) in [4.78, 5) is 12.6. The van der Waals surface area contributed by atoms with Crippen molar-refractivity contribution in [2.45, 2.75) is 20.4 Å². The molecular weight excluding hydrogens is 472 g/mol. The van der Waals surface area contributed by atoms with Gasteiger partial charge < -0.3 is 10.1 Å². The Kier molecular flexibility index (Phi) is 7.60. The Bertz CT molecular complexity index is 1460. The number of fused-ring (bicyclic) bond motifs is 1. The highest BCUT2D eigenvalue weighted by atomic mass is 32.2. The highest BCUT2D eigenvalue weighted by Crippen LogP contribution is 2.25. The molecule has 0 fully saturated rings. The van der Waals surface area contributed by atoms with Gasteiger partial charge in [-0.2, -0.15) is 0 Å². The van der Waals surface area contributed by atoms with Gasteiger partial charge in [0.15, 0.2) is 0 Å². The van der Waals surface area contributed by atoms with E-state index >= 15 is 0 Å². The Morgan fingerprint density at radius 2 is 1.56 bits per heavy atom. The molecule has 0 saturated heterocycles. The molecule has 0 aliphatic rings. The van der Waals surface area contributed by atoms with E-state index in [1.807, 2.05) is 74.5 Å². The lowest BCUT2D eigenvalue weighted by atomic mass is 10.1. The second-order valence-electron chi connectivity index (χ2n) is 8.89. The number of rotatable bonds is 9. The highest BCUT2D eigenvalue weighted by molar-refractivity contribution is 7.92. The molecule has 1 N–H and O–H groups in total. The maximum Gasteiger partial charge on any atom is 0.251 e. The van der Waals surface area contributed by atoms with E-state index in [1.54, 1.807) is 24.3 Å². The molecule has 0 bridgehead atoms. The summed E-state index contributed by atoms with van der Waals surface area (Å²) < 4.78 is 32.3. The molecule has 0 aliphatic carbocycles. The fourth-order valence-corrected chi connectivity index (χ4v) is 5.04. The lowest BCUT2D eigenvalue weighted by molar-refractivity contribution is 0.0947. The van der Waals surface area contributed by atoms with Crippen LogP contribution in [0.1, 0.15) is 27.0 Å².